The summed E-state index contributed by atoms with van der Waals surface area (Å²) in [6.07, 6.45) is 100. The third kappa shape index (κ3) is 68.0. The summed E-state index contributed by atoms with van der Waals surface area (Å²) in [6, 6.07) is 0. The molecule has 0 rings (SSSR count). The summed E-state index contributed by atoms with van der Waals surface area (Å²) in [5, 5.41) is 0. The molecule has 0 bridgehead atoms. The first-order valence-corrected chi connectivity index (χ1v) is 34.3. The first-order chi connectivity index (χ1) is 41.0. The number of carbonyl (C=O) groups is 3. The Morgan fingerprint density at radius 2 is 0.470 bits per heavy atom. The number of allylic oxidation sites excluding steroid dienone is 24. The lowest BCUT2D eigenvalue weighted by Gasteiger charge is -2.18. The molecule has 0 radical (unpaired) electrons. The largest absolute Gasteiger partial charge is 0.462 e. The van der Waals surface area contributed by atoms with Crippen LogP contribution in [0.4, 0.5) is 0 Å². The fraction of sp³-hybridized carbons (Fsp3) is 0.649. The van der Waals surface area contributed by atoms with E-state index in [1.54, 1.807) is 0 Å². The number of ether oxygens (including phenoxy) is 3. The number of unbranched alkanes of at least 4 members (excludes halogenated alkanes) is 26. The van der Waals surface area contributed by atoms with Crippen LogP contribution in [0.1, 0.15) is 303 Å². The minimum Gasteiger partial charge on any atom is -0.462 e. The standard InChI is InChI=1S/C77H126O6/c1-4-7-10-13-16-19-22-25-28-30-32-34-36-37-38-39-41-42-44-46-49-52-55-58-61-64-67-70-76(79)82-73-74(72-81-75(78)69-66-63-60-57-54-51-48-27-24-21-18-15-12-9-6-3)83-77(80)71-68-65-62-59-56-53-50-47-45-43-40-35-33-31-29-26-23-20-17-14-11-8-5-2/h7,9-10,12,16,18-19,21,25,27-28,32,34,37-38,41-42,46,48-49,54-55,57-58,74H,4-6,8,11,13-15,17,20,22-24,26,29-31,33,35-36,39-40,43-45,47,50-53,56,59-73H2,1-3H3/b10-7-,12-9-,19-16-,21-18-,28-25-,34-32-,38-37-,42-41-,48-27-,49-46-,57-54-,58-55-. The van der Waals surface area contributed by atoms with Gasteiger partial charge in [0.15, 0.2) is 6.10 Å². The van der Waals surface area contributed by atoms with Gasteiger partial charge in [0.05, 0.1) is 0 Å². The molecular formula is C77H126O6. The van der Waals surface area contributed by atoms with Crippen LogP contribution in [0.5, 0.6) is 0 Å². The van der Waals surface area contributed by atoms with Crippen molar-refractivity contribution in [3.05, 3.63) is 146 Å². The minimum atomic E-state index is -0.820. The van der Waals surface area contributed by atoms with E-state index in [1.165, 1.54) is 128 Å². The van der Waals surface area contributed by atoms with Crippen LogP contribution in [0.25, 0.3) is 0 Å². The highest BCUT2D eigenvalue weighted by atomic mass is 16.6. The highest BCUT2D eigenvalue weighted by Gasteiger charge is 2.19. The molecule has 0 saturated carbocycles. The molecule has 1 unspecified atom stereocenters. The van der Waals surface area contributed by atoms with Crippen LogP contribution >= 0.6 is 0 Å². The molecule has 0 spiro atoms. The van der Waals surface area contributed by atoms with Gasteiger partial charge in [0.2, 0.25) is 0 Å². The van der Waals surface area contributed by atoms with Gasteiger partial charge in [-0.05, 0) is 122 Å². The fourth-order valence-corrected chi connectivity index (χ4v) is 9.27. The summed E-state index contributed by atoms with van der Waals surface area (Å²) >= 11 is 0. The number of hydrogen-bond donors (Lipinski definition) is 0. The molecule has 83 heavy (non-hydrogen) atoms. The van der Waals surface area contributed by atoms with E-state index in [0.717, 1.165) is 122 Å². The van der Waals surface area contributed by atoms with Crippen molar-refractivity contribution in [1.29, 1.82) is 0 Å². The Hall–Kier alpha value is -4.71. The van der Waals surface area contributed by atoms with Crippen LogP contribution in [0.3, 0.4) is 0 Å². The maximum Gasteiger partial charge on any atom is 0.306 e. The molecule has 0 aromatic heterocycles. The molecule has 0 aliphatic heterocycles. The van der Waals surface area contributed by atoms with Crippen LogP contribution in [-0.2, 0) is 28.6 Å². The van der Waals surface area contributed by atoms with Crippen LogP contribution in [0.15, 0.2) is 146 Å². The van der Waals surface area contributed by atoms with Gasteiger partial charge in [0, 0.05) is 19.3 Å². The molecule has 0 aliphatic rings. The topological polar surface area (TPSA) is 78.9 Å². The van der Waals surface area contributed by atoms with Crippen molar-refractivity contribution in [3.63, 3.8) is 0 Å². The molecule has 0 N–H and O–H groups in total. The fourth-order valence-electron chi connectivity index (χ4n) is 9.27. The van der Waals surface area contributed by atoms with E-state index in [1.807, 2.05) is 0 Å². The van der Waals surface area contributed by atoms with Crippen molar-refractivity contribution in [2.45, 2.75) is 309 Å². The van der Waals surface area contributed by atoms with Crippen molar-refractivity contribution in [2.75, 3.05) is 13.2 Å². The molecule has 0 amide bonds. The zero-order chi connectivity index (χ0) is 59.9. The Kier molecular flexibility index (Phi) is 65.8. The summed E-state index contributed by atoms with van der Waals surface area (Å²) in [7, 11) is 0. The van der Waals surface area contributed by atoms with Gasteiger partial charge in [0.1, 0.15) is 13.2 Å². The molecule has 0 saturated heterocycles. The van der Waals surface area contributed by atoms with Crippen molar-refractivity contribution in [2.24, 2.45) is 0 Å². The molecule has 0 aromatic carbocycles. The average Bonchev–Trinajstić information content (AvgIpc) is 3.49. The zero-order valence-electron chi connectivity index (χ0n) is 53.9. The molecule has 0 heterocycles. The minimum absolute atomic E-state index is 0.116. The van der Waals surface area contributed by atoms with Crippen molar-refractivity contribution in [3.8, 4) is 0 Å². The van der Waals surface area contributed by atoms with Gasteiger partial charge >= 0.3 is 17.9 Å². The van der Waals surface area contributed by atoms with Crippen molar-refractivity contribution < 1.29 is 28.6 Å². The van der Waals surface area contributed by atoms with E-state index in [0.29, 0.717) is 32.1 Å². The van der Waals surface area contributed by atoms with E-state index in [9.17, 15) is 14.4 Å². The summed E-state index contributed by atoms with van der Waals surface area (Å²) in [5.74, 6) is -0.992. The monoisotopic (exact) mass is 1150 g/mol. The van der Waals surface area contributed by atoms with Gasteiger partial charge in [-0.3, -0.25) is 14.4 Å². The lowest BCUT2D eigenvalue weighted by atomic mass is 10.0. The van der Waals surface area contributed by atoms with Gasteiger partial charge in [-0.2, -0.15) is 0 Å². The maximum absolute atomic E-state index is 13.0. The van der Waals surface area contributed by atoms with E-state index in [-0.39, 0.29) is 31.1 Å². The lowest BCUT2D eigenvalue weighted by Crippen LogP contribution is -2.30. The first kappa shape index (κ1) is 78.3. The second kappa shape index (κ2) is 69.8. The normalized spacial score (nSPS) is 13.0. The number of esters is 3. The predicted octanol–water partition coefficient (Wildman–Crippen LogP) is 23.9. The number of hydrogen-bond acceptors (Lipinski definition) is 6. The highest BCUT2D eigenvalue weighted by Crippen LogP contribution is 2.17. The highest BCUT2D eigenvalue weighted by molar-refractivity contribution is 5.71. The molecule has 0 aromatic rings. The number of carbonyl (C=O) groups excluding carboxylic acids is 3. The Morgan fingerprint density at radius 1 is 0.253 bits per heavy atom. The second-order valence-electron chi connectivity index (χ2n) is 22.3. The molecule has 470 valence electrons. The van der Waals surface area contributed by atoms with Gasteiger partial charge in [-0.25, -0.2) is 0 Å². The van der Waals surface area contributed by atoms with Gasteiger partial charge in [0.25, 0.3) is 0 Å². The summed E-state index contributed by atoms with van der Waals surface area (Å²) in [4.78, 5) is 38.4. The third-order valence-electron chi connectivity index (χ3n) is 14.3. The predicted molar refractivity (Wildman–Crippen MR) is 362 cm³/mol. The van der Waals surface area contributed by atoms with E-state index in [2.05, 4.69) is 167 Å². The summed E-state index contributed by atoms with van der Waals surface area (Å²) in [6.45, 7) is 6.36. The molecular weight excluding hydrogens is 1020 g/mol. The summed E-state index contributed by atoms with van der Waals surface area (Å²) in [5.41, 5.74) is 0. The Morgan fingerprint density at radius 3 is 0.735 bits per heavy atom. The zero-order valence-corrected chi connectivity index (χ0v) is 53.9. The van der Waals surface area contributed by atoms with E-state index >= 15 is 0 Å². The van der Waals surface area contributed by atoms with Gasteiger partial charge in [-0.1, -0.05) is 308 Å². The molecule has 1 atom stereocenters. The van der Waals surface area contributed by atoms with Crippen LogP contribution < -0.4 is 0 Å². The third-order valence-corrected chi connectivity index (χ3v) is 14.3. The Balaban J connectivity index is 4.46. The maximum atomic E-state index is 13.0. The van der Waals surface area contributed by atoms with Gasteiger partial charge < -0.3 is 14.2 Å². The molecule has 0 aliphatic carbocycles. The molecule has 6 heteroatoms. The van der Waals surface area contributed by atoms with Crippen LogP contribution in [-0.4, -0.2) is 37.2 Å². The SMILES string of the molecule is CC/C=C\C/C=C\C/C=C\C/C=C\C/C=C\C/C=C\C/C=C\C/C=C\CCCCC(=O)OCC(COC(=O)CCCC/C=C\C/C=C\C/C=C\C/C=C\CC)OC(=O)CCCCCCCCCCCCCCCCCCCCCCCCC. The number of rotatable bonds is 61. The van der Waals surface area contributed by atoms with Crippen molar-refractivity contribution >= 4 is 17.9 Å². The van der Waals surface area contributed by atoms with Crippen LogP contribution in [0.2, 0.25) is 0 Å². The van der Waals surface area contributed by atoms with Gasteiger partial charge in [-0.15, -0.1) is 0 Å². The van der Waals surface area contributed by atoms with Crippen molar-refractivity contribution in [1.82, 2.24) is 0 Å². The first-order valence-electron chi connectivity index (χ1n) is 34.3. The quantitative estimate of drug-likeness (QED) is 0.0261. The Labute approximate surface area is 512 Å². The smallest absolute Gasteiger partial charge is 0.306 e. The lowest BCUT2D eigenvalue weighted by molar-refractivity contribution is -0.167. The molecule has 6 nitrogen and oxygen atoms in total. The van der Waals surface area contributed by atoms with E-state index in [4.69, 9.17) is 14.2 Å². The Bertz CT molecular complexity index is 1800. The van der Waals surface area contributed by atoms with E-state index < -0.39 is 6.10 Å². The second-order valence-corrected chi connectivity index (χ2v) is 22.3. The molecule has 0 fully saturated rings. The summed E-state index contributed by atoms with van der Waals surface area (Å²) < 4.78 is 16.9. The van der Waals surface area contributed by atoms with Crippen LogP contribution in [0, 0.1) is 0 Å². The average molecular weight is 1150 g/mol.